The summed E-state index contributed by atoms with van der Waals surface area (Å²) in [6.07, 6.45) is 4.44. The van der Waals surface area contributed by atoms with Gasteiger partial charge in [0, 0.05) is 44.2 Å². The van der Waals surface area contributed by atoms with Crippen molar-refractivity contribution in [3.8, 4) is 0 Å². The van der Waals surface area contributed by atoms with Crippen molar-refractivity contribution in [2.24, 2.45) is 5.92 Å². The molecule has 1 N–H and O–H groups in total. The van der Waals surface area contributed by atoms with Gasteiger partial charge in [0.15, 0.2) is 0 Å². The first-order valence-corrected chi connectivity index (χ1v) is 10.9. The Morgan fingerprint density at radius 3 is 2.74 bits per heavy atom. The summed E-state index contributed by atoms with van der Waals surface area (Å²) < 4.78 is 0. The summed E-state index contributed by atoms with van der Waals surface area (Å²) in [7, 11) is 0. The lowest BCUT2D eigenvalue weighted by Gasteiger charge is -2.19. The maximum absolute atomic E-state index is 12.8. The predicted molar refractivity (Wildman–Crippen MR) is 122 cm³/mol. The Bertz CT molecular complexity index is 1120. The molecule has 0 aliphatic carbocycles. The fourth-order valence-corrected chi connectivity index (χ4v) is 4.58. The normalized spacial score (nSPS) is 18.7. The van der Waals surface area contributed by atoms with Crippen molar-refractivity contribution in [1.29, 1.82) is 0 Å². The van der Waals surface area contributed by atoms with Crippen LogP contribution in [0.1, 0.15) is 24.8 Å². The van der Waals surface area contributed by atoms with Gasteiger partial charge < -0.3 is 15.1 Å². The topological polar surface area (TPSA) is 65.5 Å². The first-order chi connectivity index (χ1) is 15.2. The Labute approximate surface area is 181 Å². The fraction of sp³-hybridized carbons (Fsp3) is 0.320. The van der Waals surface area contributed by atoms with E-state index in [0.29, 0.717) is 13.1 Å². The van der Waals surface area contributed by atoms with Gasteiger partial charge in [0.2, 0.25) is 11.8 Å². The average Bonchev–Trinajstić information content (AvgIpc) is 3.47. The minimum Gasteiger partial charge on any atom is -0.357 e. The lowest BCUT2D eigenvalue weighted by molar-refractivity contribution is -0.126. The van der Waals surface area contributed by atoms with Gasteiger partial charge in [0.25, 0.3) is 0 Å². The summed E-state index contributed by atoms with van der Waals surface area (Å²) in [5.74, 6) is 0.557. The number of pyridine rings is 1. The molecule has 0 bridgehead atoms. The highest BCUT2D eigenvalue weighted by atomic mass is 16.2. The van der Waals surface area contributed by atoms with Gasteiger partial charge in [0.05, 0.1) is 11.6 Å². The van der Waals surface area contributed by atoms with Crippen molar-refractivity contribution in [1.82, 2.24) is 10.3 Å². The van der Waals surface area contributed by atoms with E-state index < -0.39 is 0 Å². The van der Waals surface area contributed by atoms with Crippen LogP contribution in [0.5, 0.6) is 0 Å². The number of anilines is 2. The number of fused-ring (bicyclic) bond motifs is 1. The fourth-order valence-electron chi connectivity index (χ4n) is 4.58. The van der Waals surface area contributed by atoms with Crippen LogP contribution < -0.4 is 15.1 Å². The standard InChI is InChI=1S/C25H26N4O2/c30-24-15-20(17-29(24)22-9-5-7-19-6-1-2-8-21(19)22)25(31)27-16-18-10-11-26-23(14-18)28-12-3-4-13-28/h1-2,5-11,14,20H,3-4,12-13,15-17H2,(H,27,31). The van der Waals surface area contributed by atoms with Gasteiger partial charge in [0.1, 0.15) is 5.82 Å². The highest BCUT2D eigenvalue weighted by Crippen LogP contribution is 2.31. The van der Waals surface area contributed by atoms with E-state index >= 15 is 0 Å². The summed E-state index contributed by atoms with van der Waals surface area (Å²) in [6.45, 7) is 2.93. The van der Waals surface area contributed by atoms with Crippen molar-refractivity contribution >= 4 is 34.1 Å². The third kappa shape index (κ3) is 3.98. The second-order valence-electron chi connectivity index (χ2n) is 8.34. The highest BCUT2D eigenvalue weighted by molar-refractivity contribution is 6.06. The zero-order chi connectivity index (χ0) is 21.2. The molecule has 31 heavy (non-hydrogen) atoms. The van der Waals surface area contributed by atoms with Crippen LogP contribution in [0.3, 0.4) is 0 Å². The Hall–Kier alpha value is -3.41. The van der Waals surface area contributed by atoms with E-state index in [-0.39, 0.29) is 24.2 Å². The van der Waals surface area contributed by atoms with Gasteiger partial charge in [-0.3, -0.25) is 9.59 Å². The summed E-state index contributed by atoms with van der Waals surface area (Å²) in [5.41, 5.74) is 1.91. The minimum atomic E-state index is -0.341. The molecule has 3 aromatic rings. The molecule has 3 heterocycles. The molecule has 1 unspecified atom stereocenters. The smallest absolute Gasteiger partial charge is 0.227 e. The molecular weight excluding hydrogens is 388 g/mol. The third-order valence-corrected chi connectivity index (χ3v) is 6.26. The summed E-state index contributed by atoms with van der Waals surface area (Å²) in [4.78, 5) is 34.1. The van der Waals surface area contributed by atoms with Crippen molar-refractivity contribution in [3.63, 3.8) is 0 Å². The number of nitrogens with one attached hydrogen (secondary N) is 1. The average molecular weight is 415 g/mol. The van der Waals surface area contributed by atoms with Crippen LogP contribution in [0.15, 0.2) is 60.8 Å². The molecule has 2 amide bonds. The summed E-state index contributed by atoms with van der Waals surface area (Å²) >= 11 is 0. The van der Waals surface area contributed by atoms with Gasteiger partial charge in [-0.25, -0.2) is 4.98 Å². The molecular formula is C25H26N4O2. The van der Waals surface area contributed by atoms with Gasteiger partial charge in [-0.15, -0.1) is 0 Å². The Morgan fingerprint density at radius 2 is 1.87 bits per heavy atom. The maximum Gasteiger partial charge on any atom is 0.227 e. The maximum atomic E-state index is 12.8. The van der Waals surface area contributed by atoms with Crippen LogP contribution in [0, 0.1) is 5.92 Å². The molecule has 6 nitrogen and oxygen atoms in total. The number of hydrogen-bond acceptors (Lipinski definition) is 4. The zero-order valence-electron chi connectivity index (χ0n) is 17.5. The van der Waals surface area contributed by atoms with Crippen LogP contribution in [0.2, 0.25) is 0 Å². The molecule has 6 heteroatoms. The van der Waals surface area contributed by atoms with E-state index in [0.717, 1.165) is 40.9 Å². The van der Waals surface area contributed by atoms with Crippen molar-refractivity contribution in [2.45, 2.75) is 25.8 Å². The lowest BCUT2D eigenvalue weighted by Crippen LogP contribution is -2.32. The van der Waals surface area contributed by atoms with Gasteiger partial charge in [-0.2, -0.15) is 0 Å². The van der Waals surface area contributed by atoms with Crippen LogP contribution in [-0.4, -0.2) is 36.4 Å². The van der Waals surface area contributed by atoms with Crippen LogP contribution in [-0.2, 0) is 16.1 Å². The van der Waals surface area contributed by atoms with Gasteiger partial charge in [-0.1, -0.05) is 36.4 Å². The van der Waals surface area contributed by atoms with E-state index in [1.807, 2.05) is 54.6 Å². The second kappa shape index (κ2) is 8.38. The molecule has 1 atom stereocenters. The van der Waals surface area contributed by atoms with Gasteiger partial charge in [-0.05, 0) is 42.0 Å². The number of rotatable bonds is 5. The van der Waals surface area contributed by atoms with E-state index in [1.165, 1.54) is 12.8 Å². The van der Waals surface area contributed by atoms with E-state index in [4.69, 9.17) is 0 Å². The first kappa shape index (κ1) is 19.5. The molecule has 5 rings (SSSR count). The number of hydrogen-bond donors (Lipinski definition) is 1. The second-order valence-corrected chi connectivity index (χ2v) is 8.34. The predicted octanol–water partition coefficient (Wildman–Crippen LogP) is 3.50. The number of carbonyl (C=O) groups is 2. The molecule has 0 radical (unpaired) electrons. The number of benzene rings is 2. The Kier molecular flexibility index (Phi) is 5.28. The molecule has 0 saturated carbocycles. The van der Waals surface area contributed by atoms with Crippen LogP contribution in [0.25, 0.3) is 10.8 Å². The Balaban J connectivity index is 1.25. The number of aromatic nitrogens is 1. The van der Waals surface area contributed by atoms with Crippen LogP contribution in [0.4, 0.5) is 11.5 Å². The molecule has 158 valence electrons. The molecule has 0 spiro atoms. The molecule has 2 aromatic carbocycles. The molecule has 2 aliphatic rings. The minimum absolute atomic E-state index is 0.00302. The lowest BCUT2D eigenvalue weighted by atomic mass is 10.1. The SMILES string of the molecule is O=C(NCc1ccnc(N2CCCC2)c1)C1CC(=O)N(c2cccc3ccccc23)C1. The summed E-state index contributed by atoms with van der Waals surface area (Å²) in [5, 5.41) is 5.15. The van der Waals surface area contributed by atoms with Crippen molar-refractivity contribution in [3.05, 3.63) is 66.4 Å². The zero-order valence-corrected chi connectivity index (χ0v) is 17.5. The van der Waals surface area contributed by atoms with Crippen molar-refractivity contribution in [2.75, 3.05) is 29.4 Å². The van der Waals surface area contributed by atoms with Gasteiger partial charge >= 0.3 is 0 Å². The molecule has 2 fully saturated rings. The highest BCUT2D eigenvalue weighted by Gasteiger charge is 2.35. The third-order valence-electron chi connectivity index (χ3n) is 6.26. The number of carbonyl (C=O) groups excluding carboxylic acids is 2. The summed E-state index contributed by atoms with van der Waals surface area (Å²) in [6, 6.07) is 18.0. The molecule has 2 saturated heterocycles. The quantitative estimate of drug-likeness (QED) is 0.694. The number of amides is 2. The Morgan fingerprint density at radius 1 is 1.06 bits per heavy atom. The van der Waals surface area contributed by atoms with Crippen molar-refractivity contribution < 1.29 is 9.59 Å². The number of nitrogens with zero attached hydrogens (tertiary/aromatic N) is 3. The van der Waals surface area contributed by atoms with E-state index in [9.17, 15) is 9.59 Å². The van der Waals surface area contributed by atoms with Crippen LogP contribution >= 0.6 is 0 Å². The van der Waals surface area contributed by atoms with E-state index in [1.54, 1.807) is 11.1 Å². The molecule has 1 aromatic heterocycles. The largest absolute Gasteiger partial charge is 0.357 e. The first-order valence-electron chi connectivity index (χ1n) is 10.9. The molecule has 2 aliphatic heterocycles. The monoisotopic (exact) mass is 414 g/mol. The van der Waals surface area contributed by atoms with E-state index in [2.05, 4.69) is 15.2 Å².